The number of esters is 1. The fraction of sp³-hybridized carbons (Fsp3) is 0.333. The number of rotatable bonds is 5. The lowest BCUT2D eigenvalue weighted by molar-refractivity contribution is -0.150. The number of hydrogen-bond acceptors (Lipinski definition) is 6. The Morgan fingerprint density at radius 2 is 1.67 bits per heavy atom. The van der Waals surface area contributed by atoms with Gasteiger partial charge in [-0.25, -0.2) is 4.79 Å². The highest BCUT2D eigenvalue weighted by Gasteiger charge is 2.31. The van der Waals surface area contributed by atoms with E-state index in [1.807, 2.05) is 6.92 Å². The summed E-state index contributed by atoms with van der Waals surface area (Å²) in [6, 6.07) is 3.54. The van der Waals surface area contributed by atoms with Crippen LogP contribution in [0.4, 0.5) is 0 Å². The molecule has 6 heteroatoms. The summed E-state index contributed by atoms with van der Waals surface area (Å²) in [7, 11) is 0. The van der Waals surface area contributed by atoms with Gasteiger partial charge >= 0.3 is 5.97 Å². The molecule has 0 saturated heterocycles. The van der Waals surface area contributed by atoms with Crippen molar-refractivity contribution < 1.29 is 24.3 Å². The van der Waals surface area contributed by atoms with E-state index in [2.05, 4.69) is 9.89 Å². The quantitative estimate of drug-likeness (QED) is 0.170. The predicted molar refractivity (Wildman–Crippen MR) is 75.8 cm³/mol. The number of ether oxygens (including phenoxy) is 1. The standard InChI is InChI=1S/C15H17NO5/c1-5-21-15(19)14(18)12(16-20)13(17)11-9(3)6-8(2)7-10(11)4/h6-7,20H,5H2,1-4H3/b16-12+. The van der Waals surface area contributed by atoms with Crippen molar-refractivity contribution in [2.45, 2.75) is 27.7 Å². The molecule has 1 aromatic carbocycles. The first kappa shape index (κ1) is 16.6. The van der Waals surface area contributed by atoms with E-state index in [-0.39, 0.29) is 12.2 Å². The van der Waals surface area contributed by atoms with Gasteiger partial charge in [-0.15, -0.1) is 0 Å². The third kappa shape index (κ3) is 3.53. The largest absolute Gasteiger partial charge is 0.460 e. The van der Waals surface area contributed by atoms with E-state index in [1.54, 1.807) is 26.0 Å². The summed E-state index contributed by atoms with van der Waals surface area (Å²) in [6.45, 7) is 6.80. The molecule has 0 aliphatic carbocycles. The molecule has 112 valence electrons. The Bertz CT molecular complexity index is 608. The van der Waals surface area contributed by atoms with Crippen LogP contribution in [0.5, 0.6) is 0 Å². The van der Waals surface area contributed by atoms with Gasteiger partial charge in [0.05, 0.1) is 6.61 Å². The van der Waals surface area contributed by atoms with Crippen LogP contribution in [0.15, 0.2) is 17.3 Å². The van der Waals surface area contributed by atoms with Crippen molar-refractivity contribution in [3.63, 3.8) is 0 Å². The number of benzene rings is 1. The van der Waals surface area contributed by atoms with Crippen LogP contribution in [0.25, 0.3) is 0 Å². The average Bonchev–Trinajstić information content (AvgIpc) is 2.38. The minimum atomic E-state index is -1.26. The molecule has 21 heavy (non-hydrogen) atoms. The number of carbonyl (C=O) groups excluding carboxylic acids is 3. The SMILES string of the molecule is CCOC(=O)C(=O)/C(=N/O)C(=O)c1c(C)cc(C)cc1C. The van der Waals surface area contributed by atoms with E-state index in [0.717, 1.165) is 5.56 Å². The van der Waals surface area contributed by atoms with Gasteiger partial charge in [-0.3, -0.25) is 9.59 Å². The molecule has 0 amide bonds. The van der Waals surface area contributed by atoms with Crippen molar-refractivity contribution in [1.29, 1.82) is 0 Å². The van der Waals surface area contributed by atoms with Crippen molar-refractivity contribution in [2.24, 2.45) is 5.16 Å². The van der Waals surface area contributed by atoms with Gasteiger partial charge < -0.3 is 9.94 Å². The van der Waals surface area contributed by atoms with Crippen LogP contribution in [-0.2, 0) is 14.3 Å². The summed E-state index contributed by atoms with van der Waals surface area (Å²) in [5, 5.41) is 11.6. The van der Waals surface area contributed by atoms with E-state index in [9.17, 15) is 14.4 Å². The van der Waals surface area contributed by atoms with Crippen LogP contribution in [0.2, 0.25) is 0 Å². The van der Waals surface area contributed by atoms with E-state index in [0.29, 0.717) is 11.1 Å². The number of nitrogens with zero attached hydrogens (tertiary/aromatic N) is 1. The maximum absolute atomic E-state index is 12.4. The van der Waals surface area contributed by atoms with Crippen molar-refractivity contribution >= 4 is 23.2 Å². The Hall–Kier alpha value is -2.50. The van der Waals surface area contributed by atoms with E-state index >= 15 is 0 Å². The van der Waals surface area contributed by atoms with Crippen molar-refractivity contribution in [2.75, 3.05) is 6.61 Å². The summed E-state index contributed by atoms with van der Waals surface area (Å²) < 4.78 is 4.52. The second kappa shape index (κ2) is 6.78. The molecular formula is C15H17NO5. The molecule has 0 fully saturated rings. The molecule has 0 aliphatic rings. The number of oxime groups is 1. The van der Waals surface area contributed by atoms with Gasteiger partial charge in [0.15, 0.2) is 0 Å². The number of aryl methyl sites for hydroxylation is 3. The fourth-order valence-corrected chi connectivity index (χ4v) is 2.14. The third-order valence-corrected chi connectivity index (χ3v) is 2.90. The predicted octanol–water partition coefficient (Wildman–Crippen LogP) is 1.76. The number of Topliss-reactive ketones (excluding diaryl/α,β-unsaturated/α-hetero) is 2. The third-order valence-electron chi connectivity index (χ3n) is 2.90. The van der Waals surface area contributed by atoms with Gasteiger partial charge in [-0.05, 0) is 38.8 Å². The zero-order valence-corrected chi connectivity index (χ0v) is 12.4. The van der Waals surface area contributed by atoms with Gasteiger partial charge in [0, 0.05) is 5.56 Å². The Labute approximate surface area is 122 Å². The highest BCUT2D eigenvalue weighted by Crippen LogP contribution is 2.18. The molecule has 0 heterocycles. The minimum absolute atomic E-state index is 0.0138. The smallest absolute Gasteiger partial charge is 0.381 e. The fourth-order valence-electron chi connectivity index (χ4n) is 2.14. The summed E-state index contributed by atoms with van der Waals surface area (Å²) in [4.78, 5) is 35.5. The van der Waals surface area contributed by atoms with Crippen LogP contribution >= 0.6 is 0 Å². The number of carbonyl (C=O) groups is 3. The molecule has 0 spiro atoms. The molecule has 0 bridgehead atoms. The molecule has 0 unspecified atom stereocenters. The Morgan fingerprint density at radius 1 is 1.14 bits per heavy atom. The monoisotopic (exact) mass is 291 g/mol. The molecule has 1 N–H and O–H groups in total. The lowest BCUT2D eigenvalue weighted by Gasteiger charge is -2.10. The highest BCUT2D eigenvalue weighted by molar-refractivity contribution is 6.80. The first-order valence-corrected chi connectivity index (χ1v) is 6.39. The van der Waals surface area contributed by atoms with Crippen molar-refractivity contribution in [3.8, 4) is 0 Å². The van der Waals surface area contributed by atoms with E-state index in [4.69, 9.17) is 5.21 Å². The average molecular weight is 291 g/mol. The van der Waals surface area contributed by atoms with Crippen molar-refractivity contribution in [1.82, 2.24) is 0 Å². The molecule has 0 radical (unpaired) electrons. The molecule has 1 rings (SSSR count). The Balaban J connectivity index is 3.23. The second-order valence-electron chi connectivity index (χ2n) is 4.60. The molecule has 0 atom stereocenters. The molecule has 6 nitrogen and oxygen atoms in total. The Kier molecular flexibility index (Phi) is 5.35. The summed E-state index contributed by atoms with van der Waals surface area (Å²) in [5.41, 5.74) is 1.63. The molecule has 0 aromatic heterocycles. The minimum Gasteiger partial charge on any atom is -0.460 e. The summed E-state index contributed by atoms with van der Waals surface area (Å²) >= 11 is 0. The maximum atomic E-state index is 12.4. The van der Waals surface area contributed by atoms with Crippen LogP contribution in [0.3, 0.4) is 0 Å². The second-order valence-corrected chi connectivity index (χ2v) is 4.60. The van der Waals surface area contributed by atoms with Crippen molar-refractivity contribution in [3.05, 3.63) is 34.4 Å². The lowest BCUT2D eigenvalue weighted by atomic mass is 9.93. The zero-order chi connectivity index (χ0) is 16.2. The number of ketones is 2. The first-order valence-electron chi connectivity index (χ1n) is 6.39. The van der Waals surface area contributed by atoms with Gasteiger partial charge in [0.25, 0.3) is 5.78 Å². The van der Waals surface area contributed by atoms with E-state index < -0.39 is 23.2 Å². The molecule has 1 aromatic rings. The van der Waals surface area contributed by atoms with Crippen LogP contribution < -0.4 is 0 Å². The maximum Gasteiger partial charge on any atom is 0.381 e. The summed E-state index contributed by atoms with van der Waals surface area (Å²) in [5.74, 6) is -3.28. The highest BCUT2D eigenvalue weighted by atomic mass is 16.5. The topological polar surface area (TPSA) is 93.0 Å². The van der Waals surface area contributed by atoms with Gasteiger partial charge in [0.2, 0.25) is 11.5 Å². The Morgan fingerprint density at radius 3 is 2.10 bits per heavy atom. The zero-order valence-electron chi connectivity index (χ0n) is 12.4. The van der Waals surface area contributed by atoms with Crippen LogP contribution in [0, 0.1) is 20.8 Å². The van der Waals surface area contributed by atoms with Crippen LogP contribution in [-0.4, -0.2) is 35.1 Å². The molecule has 0 aliphatic heterocycles. The first-order chi connectivity index (χ1) is 9.83. The van der Waals surface area contributed by atoms with Gasteiger partial charge in [-0.1, -0.05) is 22.9 Å². The van der Waals surface area contributed by atoms with Gasteiger partial charge in [0.1, 0.15) is 0 Å². The van der Waals surface area contributed by atoms with Gasteiger partial charge in [-0.2, -0.15) is 0 Å². The van der Waals surface area contributed by atoms with E-state index in [1.165, 1.54) is 6.92 Å². The normalized spacial score (nSPS) is 11.1. The molecule has 0 saturated carbocycles. The number of hydrogen-bond donors (Lipinski definition) is 1. The lowest BCUT2D eigenvalue weighted by Crippen LogP contribution is -2.33. The molecular weight excluding hydrogens is 274 g/mol. The summed E-state index contributed by atoms with van der Waals surface area (Å²) in [6.07, 6.45) is 0. The van der Waals surface area contributed by atoms with Crippen LogP contribution in [0.1, 0.15) is 34.0 Å².